The average Bonchev–Trinajstić information content (AvgIpc) is 2.72. The van der Waals surface area contributed by atoms with Crippen LogP contribution in [0, 0.1) is 10.1 Å². The number of rotatable bonds is 1. The summed E-state index contributed by atoms with van der Waals surface area (Å²) in [6, 6.07) is 4.66. The second kappa shape index (κ2) is 3.88. The quantitative estimate of drug-likeness (QED) is 0.626. The smallest absolute Gasteiger partial charge is 0.269 e. The third-order valence-electron chi connectivity index (χ3n) is 4.34. The van der Waals surface area contributed by atoms with Crippen LogP contribution < -0.4 is 5.32 Å². The van der Waals surface area contributed by atoms with Gasteiger partial charge in [-0.1, -0.05) is 0 Å². The molecule has 1 saturated carbocycles. The lowest BCUT2D eigenvalue weighted by Crippen LogP contribution is -2.38. The number of fused-ring (bicyclic) bond motifs is 2. The Morgan fingerprint density at radius 2 is 1.89 bits per heavy atom. The van der Waals surface area contributed by atoms with Crippen molar-refractivity contribution in [3.05, 3.63) is 33.9 Å². The monoisotopic (exact) mass is 268 g/mol. The first-order valence-corrected chi connectivity index (χ1v) is 6.33. The lowest BCUT2D eigenvalue weighted by molar-refractivity contribution is -0.384. The van der Waals surface area contributed by atoms with Gasteiger partial charge >= 0.3 is 0 Å². The van der Waals surface area contributed by atoms with Crippen LogP contribution in [0.1, 0.15) is 31.2 Å². The molecule has 0 amide bonds. The molecule has 1 aromatic carbocycles. The fourth-order valence-electron chi connectivity index (χ4n) is 3.14. The Hall–Kier alpha value is -1.72. The van der Waals surface area contributed by atoms with Crippen molar-refractivity contribution in [1.29, 1.82) is 0 Å². The Bertz CT molecular complexity index is 535. The zero-order valence-electron chi connectivity index (χ0n) is 10.3. The lowest BCUT2D eigenvalue weighted by atomic mass is 9.69. The summed E-state index contributed by atoms with van der Waals surface area (Å²) >= 11 is 0. The summed E-state index contributed by atoms with van der Waals surface area (Å²) in [4.78, 5) is 10.4. The first-order valence-electron chi connectivity index (χ1n) is 6.33. The van der Waals surface area contributed by atoms with Gasteiger partial charge in [0.1, 0.15) is 0 Å². The third kappa shape index (κ3) is 1.95. The number of hydrogen-bond donors (Lipinski definition) is 1. The summed E-state index contributed by atoms with van der Waals surface area (Å²) in [5.41, 5.74) is 1.34. The van der Waals surface area contributed by atoms with Gasteiger partial charge in [0.25, 0.3) is 5.69 Å². The number of hydrogen-bond acceptors (Lipinski definition) is 3. The highest BCUT2D eigenvalue weighted by Gasteiger charge is 2.47. The fourth-order valence-corrected chi connectivity index (χ4v) is 3.14. The standard InChI is InChI=1S/C13H14F2N2O2/c14-13(15)5-3-12(4-6-13)8-16-11-2-1-9(17(18)19)7-10(11)12/h1-2,7,16H,3-6,8H2. The molecule has 0 unspecified atom stereocenters. The van der Waals surface area contributed by atoms with Crippen LogP contribution in [0.4, 0.5) is 20.2 Å². The van der Waals surface area contributed by atoms with E-state index in [-0.39, 0.29) is 23.9 Å². The SMILES string of the molecule is O=[N+]([O-])c1ccc2c(c1)C1(CCC(F)(F)CC1)CN2. The van der Waals surface area contributed by atoms with Crippen molar-refractivity contribution in [3.63, 3.8) is 0 Å². The second-order valence-electron chi connectivity index (χ2n) is 5.48. The Morgan fingerprint density at radius 1 is 1.21 bits per heavy atom. The average molecular weight is 268 g/mol. The van der Waals surface area contributed by atoms with Gasteiger partial charge in [-0.15, -0.1) is 0 Å². The molecule has 1 aromatic rings. The molecule has 4 nitrogen and oxygen atoms in total. The largest absolute Gasteiger partial charge is 0.384 e. The molecule has 1 aliphatic heterocycles. The van der Waals surface area contributed by atoms with Gasteiger partial charge in [-0.25, -0.2) is 8.78 Å². The number of benzene rings is 1. The Morgan fingerprint density at radius 3 is 2.53 bits per heavy atom. The number of nitro groups is 1. The number of nitro benzene ring substituents is 1. The highest BCUT2D eigenvalue weighted by atomic mass is 19.3. The maximum Gasteiger partial charge on any atom is 0.269 e. The number of anilines is 1. The van der Waals surface area contributed by atoms with Gasteiger partial charge in [0.2, 0.25) is 5.92 Å². The van der Waals surface area contributed by atoms with E-state index >= 15 is 0 Å². The van der Waals surface area contributed by atoms with E-state index in [2.05, 4.69) is 5.32 Å². The Balaban J connectivity index is 1.97. The summed E-state index contributed by atoms with van der Waals surface area (Å²) in [6.07, 6.45) is 0.468. The van der Waals surface area contributed by atoms with Gasteiger partial charge in [0.05, 0.1) is 4.92 Å². The maximum absolute atomic E-state index is 13.3. The van der Waals surface area contributed by atoms with E-state index in [0.29, 0.717) is 19.4 Å². The van der Waals surface area contributed by atoms with Crippen molar-refractivity contribution in [2.45, 2.75) is 37.0 Å². The van der Waals surface area contributed by atoms with Gasteiger partial charge in [0, 0.05) is 42.6 Å². The minimum Gasteiger partial charge on any atom is -0.384 e. The van der Waals surface area contributed by atoms with Gasteiger partial charge in [-0.05, 0) is 24.5 Å². The summed E-state index contributed by atoms with van der Waals surface area (Å²) in [5.74, 6) is -2.59. The minimum atomic E-state index is -2.59. The van der Waals surface area contributed by atoms with Gasteiger partial charge < -0.3 is 5.32 Å². The van der Waals surface area contributed by atoms with Crippen LogP contribution in [-0.4, -0.2) is 17.4 Å². The molecule has 1 aliphatic carbocycles. The molecule has 1 N–H and O–H groups in total. The summed E-state index contributed by atoms with van der Waals surface area (Å²) in [5, 5.41) is 14.0. The van der Waals surface area contributed by atoms with Crippen LogP contribution in [0.25, 0.3) is 0 Å². The first-order chi connectivity index (χ1) is 8.92. The summed E-state index contributed by atoms with van der Waals surface area (Å²) < 4.78 is 26.6. The summed E-state index contributed by atoms with van der Waals surface area (Å²) in [7, 11) is 0. The molecule has 1 heterocycles. The molecule has 0 aromatic heterocycles. The van der Waals surface area contributed by atoms with E-state index in [0.717, 1.165) is 11.3 Å². The molecular formula is C13H14F2N2O2. The first kappa shape index (κ1) is 12.3. The molecule has 19 heavy (non-hydrogen) atoms. The molecule has 0 radical (unpaired) electrons. The van der Waals surface area contributed by atoms with E-state index in [1.165, 1.54) is 6.07 Å². The second-order valence-corrected chi connectivity index (χ2v) is 5.48. The molecule has 0 atom stereocenters. The molecule has 102 valence electrons. The number of alkyl halides is 2. The number of nitrogens with zero attached hydrogens (tertiary/aromatic N) is 1. The maximum atomic E-state index is 13.3. The van der Waals surface area contributed by atoms with Gasteiger partial charge in [-0.2, -0.15) is 0 Å². The van der Waals surface area contributed by atoms with Crippen LogP contribution in [0.2, 0.25) is 0 Å². The highest BCUT2D eigenvalue weighted by Crippen LogP contribution is 2.50. The predicted octanol–water partition coefficient (Wildman–Crippen LogP) is 3.47. The van der Waals surface area contributed by atoms with Crippen molar-refractivity contribution in [3.8, 4) is 0 Å². The van der Waals surface area contributed by atoms with Crippen LogP contribution in [0.5, 0.6) is 0 Å². The Kier molecular flexibility index (Phi) is 2.52. The van der Waals surface area contributed by atoms with Crippen LogP contribution in [0.3, 0.4) is 0 Å². The van der Waals surface area contributed by atoms with Crippen molar-refractivity contribution in [2.75, 3.05) is 11.9 Å². The zero-order chi connectivity index (χ0) is 13.7. The van der Waals surface area contributed by atoms with Crippen LogP contribution in [-0.2, 0) is 5.41 Å². The van der Waals surface area contributed by atoms with E-state index in [1.807, 2.05) is 0 Å². The molecule has 2 aliphatic rings. The van der Waals surface area contributed by atoms with Crippen molar-refractivity contribution in [2.24, 2.45) is 0 Å². The Labute approximate surface area is 109 Å². The molecule has 1 fully saturated rings. The van der Waals surface area contributed by atoms with E-state index in [4.69, 9.17) is 0 Å². The molecular weight excluding hydrogens is 254 g/mol. The van der Waals surface area contributed by atoms with Crippen molar-refractivity contribution >= 4 is 11.4 Å². The zero-order valence-corrected chi connectivity index (χ0v) is 10.3. The van der Waals surface area contributed by atoms with E-state index in [1.54, 1.807) is 12.1 Å². The van der Waals surface area contributed by atoms with Gasteiger partial charge in [0.15, 0.2) is 0 Å². The summed E-state index contributed by atoms with van der Waals surface area (Å²) in [6.45, 7) is 0.597. The molecule has 0 saturated heterocycles. The van der Waals surface area contributed by atoms with E-state index < -0.39 is 10.8 Å². The molecule has 0 bridgehead atoms. The van der Waals surface area contributed by atoms with E-state index in [9.17, 15) is 18.9 Å². The minimum absolute atomic E-state index is 0.0270. The van der Waals surface area contributed by atoms with Crippen LogP contribution in [0.15, 0.2) is 18.2 Å². The third-order valence-corrected chi connectivity index (χ3v) is 4.34. The van der Waals surface area contributed by atoms with Crippen LogP contribution >= 0.6 is 0 Å². The number of halogens is 2. The van der Waals surface area contributed by atoms with Gasteiger partial charge in [-0.3, -0.25) is 10.1 Å². The normalized spacial score (nSPS) is 22.8. The molecule has 6 heteroatoms. The number of non-ortho nitro benzene ring substituents is 1. The van der Waals surface area contributed by atoms with Crippen molar-refractivity contribution < 1.29 is 13.7 Å². The molecule has 1 spiro atoms. The lowest BCUT2D eigenvalue weighted by Gasteiger charge is -2.37. The topological polar surface area (TPSA) is 55.2 Å². The number of nitrogens with one attached hydrogen (secondary N) is 1. The highest BCUT2D eigenvalue weighted by molar-refractivity contribution is 5.64. The molecule has 3 rings (SSSR count). The predicted molar refractivity (Wildman–Crippen MR) is 66.7 cm³/mol. The van der Waals surface area contributed by atoms with Crippen molar-refractivity contribution in [1.82, 2.24) is 0 Å². The fraction of sp³-hybridized carbons (Fsp3) is 0.538.